The fourth-order valence-electron chi connectivity index (χ4n) is 2.09. The van der Waals surface area contributed by atoms with Gasteiger partial charge in [-0.05, 0) is 42.0 Å². The molecule has 0 unspecified atom stereocenters. The molecular formula is C15H14BrN3O4S. The second-order valence-electron chi connectivity index (χ2n) is 4.96. The molecule has 0 atom stereocenters. The van der Waals surface area contributed by atoms with Crippen molar-refractivity contribution in [3.8, 4) is 11.5 Å². The van der Waals surface area contributed by atoms with Gasteiger partial charge in [0.1, 0.15) is 10.7 Å². The molecule has 1 aliphatic rings. The zero-order chi connectivity index (χ0) is 17.1. The van der Waals surface area contributed by atoms with E-state index in [0.29, 0.717) is 26.7 Å². The summed E-state index contributed by atoms with van der Waals surface area (Å²) in [6.45, 7) is 2.20. The number of hydrogen-bond acceptors (Lipinski definition) is 6. The Kier molecular flexibility index (Phi) is 5.10. The summed E-state index contributed by atoms with van der Waals surface area (Å²) in [5.74, 6) is 0.907. The second kappa shape index (κ2) is 7.27. The number of carboxylic acid groups (broad SMARTS) is 1. The van der Waals surface area contributed by atoms with E-state index >= 15 is 0 Å². The van der Waals surface area contributed by atoms with Crippen LogP contribution in [0.15, 0.2) is 26.7 Å². The van der Waals surface area contributed by atoms with E-state index in [0.717, 1.165) is 30.4 Å². The van der Waals surface area contributed by atoms with Gasteiger partial charge >= 0.3 is 5.97 Å². The molecule has 1 aromatic heterocycles. The number of aryl methyl sites for hydroxylation is 1. The Morgan fingerprint density at radius 1 is 1.46 bits per heavy atom. The number of halogens is 1. The van der Waals surface area contributed by atoms with Crippen LogP contribution in [0.3, 0.4) is 0 Å². The number of ether oxygens (including phenoxy) is 2. The van der Waals surface area contributed by atoms with Crippen LogP contribution < -0.4 is 9.47 Å². The Hall–Kier alpha value is -2.00. The fraction of sp³-hybridized carbons (Fsp3) is 0.267. The van der Waals surface area contributed by atoms with Crippen LogP contribution in [0.4, 0.5) is 0 Å². The highest BCUT2D eigenvalue weighted by Gasteiger charge is 2.18. The molecule has 9 heteroatoms. The van der Waals surface area contributed by atoms with Crippen LogP contribution in [0.2, 0.25) is 0 Å². The molecule has 3 rings (SSSR count). The number of carboxylic acids is 1. The summed E-state index contributed by atoms with van der Waals surface area (Å²) in [6.07, 6.45) is 3.26. The maximum Gasteiger partial charge on any atom is 0.342 e. The third kappa shape index (κ3) is 3.73. The molecular weight excluding hydrogens is 398 g/mol. The highest BCUT2D eigenvalue weighted by Crippen LogP contribution is 2.38. The van der Waals surface area contributed by atoms with Gasteiger partial charge in [0.05, 0.1) is 0 Å². The Morgan fingerprint density at radius 3 is 2.92 bits per heavy atom. The molecule has 0 saturated heterocycles. The zero-order valence-electron chi connectivity index (χ0n) is 12.7. The lowest BCUT2D eigenvalue weighted by atomic mass is 10.2. The van der Waals surface area contributed by atoms with Gasteiger partial charge in [-0.1, -0.05) is 22.9 Å². The van der Waals surface area contributed by atoms with E-state index in [-0.39, 0.29) is 11.7 Å². The smallest absolute Gasteiger partial charge is 0.342 e. The van der Waals surface area contributed by atoms with Crippen molar-refractivity contribution in [1.29, 1.82) is 0 Å². The summed E-state index contributed by atoms with van der Waals surface area (Å²) in [5.41, 5.74) is 0.675. The summed E-state index contributed by atoms with van der Waals surface area (Å²) in [5, 5.41) is 16.7. The molecule has 0 saturated carbocycles. The first-order chi connectivity index (χ1) is 11.6. The highest BCUT2D eigenvalue weighted by atomic mass is 79.9. The maximum atomic E-state index is 11.6. The van der Waals surface area contributed by atoms with Crippen LogP contribution in [-0.2, 0) is 11.2 Å². The largest absolute Gasteiger partial charge is 0.477 e. The normalized spacial score (nSPS) is 13.3. The van der Waals surface area contributed by atoms with Gasteiger partial charge in [-0.25, -0.2) is 9.78 Å². The standard InChI is InChI=1S/C15H14BrN3O4S/c1-2-3-13-17-15(19-18-13)24-12(14(20)21)5-8-4-10-11(6-9(8)16)23-7-22-10/h4-6H,2-3,7H2,1H3,(H,20,21)(H,17,18,19)/b12-5-. The molecule has 0 fully saturated rings. The van der Waals surface area contributed by atoms with E-state index in [9.17, 15) is 9.90 Å². The number of nitrogens with one attached hydrogen (secondary N) is 1. The lowest BCUT2D eigenvalue weighted by molar-refractivity contribution is -0.131. The van der Waals surface area contributed by atoms with Gasteiger partial charge in [0, 0.05) is 10.9 Å². The van der Waals surface area contributed by atoms with E-state index in [1.807, 2.05) is 6.92 Å². The van der Waals surface area contributed by atoms with Crippen molar-refractivity contribution in [2.24, 2.45) is 0 Å². The molecule has 0 radical (unpaired) electrons. The highest BCUT2D eigenvalue weighted by molar-refractivity contribution is 9.10. The van der Waals surface area contributed by atoms with Crippen LogP contribution in [0.1, 0.15) is 24.7 Å². The minimum absolute atomic E-state index is 0.108. The predicted octanol–water partition coefficient (Wildman–Crippen LogP) is 3.47. The van der Waals surface area contributed by atoms with E-state index in [4.69, 9.17) is 9.47 Å². The van der Waals surface area contributed by atoms with E-state index < -0.39 is 5.97 Å². The molecule has 24 heavy (non-hydrogen) atoms. The molecule has 126 valence electrons. The SMILES string of the molecule is CCCc1nc(S/C(=C\c2cc3c(cc2Br)OCO3)C(=O)O)n[nH]1. The van der Waals surface area contributed by atoms with E-state index in [1.165, 1.54) is 0 Å². The first-order valence-electron chi connectivity index (χ1n) is 7.20. The summed E-state index contributed by atoms with van der Waals surface area (Å²) < 4.78 is 11.3. The fourth-order valence-corrected chi connectivity index (χ4v) is 3.24. The number of thioether (sulfide) groups is 1. The van der Waals surface area contributed by atoms with Gasteiger partial charge in [0.2, 0.25) is 11.9 Å². The van der Waals surface area contributed by atoms with E-state index in [2.05, 4.69) is 31.1 Å². The van der Waals surface area contributed by atoms with Gasteiger partial charge in [0.25, 0.3) is 0 Å². The number of hydrogen-bond donors (Lipinski definition) is 2. The Balaban J connectivity index is 1.87. The maximum absolute atomic E-state index is 11.6. The third-order valence-electron chi connectivity index (χ3n) is 3.19. The molecule has 0 aliphatic carbocycles. The summed E-state index contributed by atoms with van der Waals surface area (Å²) >= 11 is 4.41. The van der Waals surface area contributed by atoms with Crippen molar-refractivity contribution < 1.29 is 19.4 Å². The van der Waals surface area contributed by atoms with Crippen molar-refractivity contribution in [3.05, 3.63) is 32.9 Å². The lowest BCUT2D eigenvalue weighted by Gasteiger charge is -2.04. The number of aromatic amines is 1. The van der Waals surface area contributed by atoms with Gasteiger partial charge in [-0.2, -0.15) is 0 Å². The number of carbonyl (C=O) groups is 1. The van der Waals surface area contributed by atoms with Crippen molar-refractivity contribution >= 4 is 39.7 Å². The first kappa shape index (κ1) is 16.8. The minimum Gasteiger partial charge on any atom is -0.477 e. The van der Waals surface area contributed by atoms with Gasteiger partial charge in [0.15, 0.2) is 11.5 Å². The molecule has 1 aliphatic heterocycles. The van der Waals surface area contributed by atoms with Crippen molar-refractivity contribution in [2.45, 2.75) is 24.9 Å². The van der Waals surface area contributed by atoms with Crippen molar-refractivity contribution in [3.63, 3.8) is 0 Å². The van der Waals surface area contributed by atoms with E-state index in [1.54, 1.807) is 18.2 Å². The minimum atomic E-state index is -1.05. The molecule has 2 heterocycles. The van der Waals surface area contributed by atoms with Gasteiger partial charge in [-0.3, -0.25) is 5.10 Å². The Bertz CT molecular complexity index is 806. The zero-order valence-corrected chi connectivity index (χ0v) is 15.1. The van der Waals surface area contributed by atoms with Crippen molar-refractivity contribution in [2.75, 3.05) is 6.79 Å². The number of aliphatic carboxylic acids is 1. The second-order valence-corrected chi connectivity index (χ2v) is 6.82. The van der Waals surface area contributed by atoms with Crippen LogP contribution in [-0.4, -0.2) is 33.1 Å². The topological polar surface area (TPSA) is 97.3 Å². The first-order valence-corrected chi connectivity index (χ1v) is 8.81. The van der Waals surface area contributed by atoms with Gasteiger partial charge in [-0.15, -0.1) is 5.10 Å². The number of aromatic nitrogens is 3. The number of benzene rings is 1. The van der Waals surface area contributed by atoms with Crippen LogP contribution in [0.5, 0.6) is 11.5 Å². The molecule has 2 aromatic rings. The number of fused-ring (bicyclic) bond motifs is 1. The number of rotatable bonds is 6. The quantitative estimate of drug-likeness (QED) is 0.554. The molecule has 1 aromatic carbocycles. The molecule has 0 amide bonds. The van der Waals surface area contributed by atoms with Gasteiger partial charge < -0.3 is 14.6 Å². The lowest BCUT2D eigenvalue weighted by Crippen LogP contribution is -1.97. The number of nitrogens with zero attached hydrogens (tertiary/aromatic N) is 2. The number of H-pyrrole nitrogens is 1. The summed E-state index contributed by atoms with van der Waals surface area (Å²) in [6, 6.07) is 3.49. The average Bonchev–Trinajstić information content (AvgIpc) is 3.16. The van der Waals surface area contributed by atoms with Crippen LogP contribution in [0.25, 0.3) is 6.08 Å². The van der Waals surface area contributed by atoms with Crippen LogP contribution >= 0.6 is 27.7 Å². The monoisotopic (exact) mass is 411 g/mol. The predicted molar refractivity (Wildman–Crippen MR) is 92.1 cm³/mol. The molecule has 0 bridgehead atoms. The summed E-state index contributed by atoms with van der Waals surface area (Å²) in [7, 11) is 0. The Morgan fingerprint density at radius 2 is 2.21 bits per heavy atom. The molecule has 2 N–H and O–H groups in total. The van der Waals surface area contributed by atoms with Crippen molar-refractivity contribution in [1.82, 2.24) is 15.2 Å². The van der Waals surface area contributed by atoms with Crippen LogP contribution in [0, 0.1) is 0 Å². The molecule has 7 nitrogen and oxygen atoms in total. The molecule has 0 spiro atoms. The summed E-state index contributed by atoms with van der Waals surface area (Å²) in [4.78, 5) is 15.9. The third-order valence-corrected chi connectivity index (χ3v) is 4.75. The average molecular weight is 412 g/mol. The Labute approximate surface area is 150 Å².